The highest BCUT2D eigenvalue weighted by molar-refractivity contribution is 7.99. The normalized spacial score (nSPS) is 14.6. The van der Waals surface area contributed by atoms with E-state index in [1.807, 2.05) is 47.6 Å². The fourth-order valence-electron chi connectivity index (χ4n) is 3.52. The molecule has 0 saturated carbocycles. The van der Waals surface area contributed by atoms with Crippen LogP contribution in [0.2, 0.25) is 5.02 Å². The number of hydrogen-bond acceptors (Lipinski definition) is 5. The third-order valence-electron chi connectivity index (χ3n) is 5.05. The summed E-state index contributed by atoms with van der Waals surface area (Å²) in [5.74, 6) is 2.01. The van der Waals surface area contributed by atoms with Gasteiger partial charge in [0.25, 0.3) is 5.91 Å². The fourth-order valence-corrected chi connectivity index (χ4v) is 4.72. The van der Waals surface area contributed by atoms with Crippen LogP contribution in [0.5, 0.6) is 0 Å². The molecule has 1 aliphatic rings. The van der Waals surface area contributed by atoms with Gasteiger partial charge >= 0.3 is 0 Å². The Balaban J connectivity index is 1.56. The Bertz CT molecular complexity index is 1060. The molecule has 1 N–H and O–H groups in total. The number of aromatic nitrogens is 3. The van der Waals surface area contributed by atoms with Crippen molar-refractivity contribution < 1.29 is 4.79 Å². The predicted molar refractivity (Wildman–Crippen MR) is 122 cm³/mol. The van der Waals surface area contributed by atoms with E-state index < -0.39 is 0 Å². The number of hydrogen-bond donors (Lipinski definition) is 1. The van der Waals surface area contributed by atoms with Crippen LogP contribution in [0.4, 0.5) is 11.4 Å². The van der Waals surface area contributed by atoms with E-state index in [0.717, 1.165) is 41.3 Å². The first-order chi connectivity index (χ1) is 13.9. The average molecular weight is 430 g/mol. The third-order valence-corrected chi connectivity index (χ3v) is 6.30. The summed E-state index contributed by atoms with van der Waals surface area (Å²) in [5.41, 5.74) is 3.69. The van der Waals surface area contributed by atoms with E-state index >= 15 is 0 Å². The first-order valence-corrected chi connectivity index (χ1v) is 11.3. The van der Waals surface area contributed by atoms with Crippen molar-refractivity contribution in [3.05, 3.63) is 46.7 Å². The van der Waals surface area contributed by atoms with E-state index in [9.17, 15) is 4.79 Å². The first kappa shape index (κ1) is 20.0. The van der Waals surface area contributed by atoms with Gasteiger partial charge in [0, 0.05) is 41.7 Å². The summed E-state index contributed by atoms with van der Waals surface area (Å²) >= 11 is 8.47. The van der Waals surface area contributed by atoms with E-state index in [4.69, 9.17) is 11.6 Å². The minimum atomic E-state index is -0.201. The zero-order valence-corrected chi connectivity index (χ0v) is 18.3. The van der Waals surface area contributed by atoms with Gasteiger partial charge in [0.15, 0.2) is 5.65 Å². The van der Waals surface area contributed by atoms with Crippen LogP contribution < -0.4 is 10.2 Å². The molecule has 29 heavy (non-hydrogen) atoms. The van der Waals surface area contributed by atoms with Crippen molar-refractivity contribution in [1.29, 1.82) is 0 Å². The van der Waals surface area contributed by atoms with Crippen molar-refractivity contribution >= 4 is 51.7 Å². The largest absolute Gasteiger partial charge is 0.369 e. The molecule has 8 heteroatoms. The van der Waals surface area contributed by atoms with Gasteiger partial charge in [-0.25, -0.2) is 9.67 Å². The highest BCUT2D eigenvalue weighted by Gasteiger charge is 2.17. The molecule has 1 aromatic carbocycles. The Hall–Kier alpha value is -2.25. The van der Waals surface area contributed by atoms with Gasteiger partial charge < -0.3 is 10.2 Å². The summed E-state index contributed by atoms with van der Waals surface area (Å²) in [7, 11) is 0. The Morgan fingerprint density at radius 1 is 1.24 bits per heavy atom. The van der Waals surface area contributed by atoms with Gasteiger partial charge in [-0.1, -0.05) is 11.6 Å². The molecular weight excluding hydrogens is 406 g/mol. The van der Waals surface area contributed by atoms with Gasteiger partial charge in [-0.15, -0.1) is 0 Å². The lowest BCUT2D eigenvalue weighted by Crippen LogP contribution is -2.32. The molecule has 0 bridgehead atoms. The predicted octanol–water partition coefficient (Wildman–Crippen LogP) is 4.78. The number of thioether (sulfide) groups is 1. The van der Waals surface area contributed by atoms with Gasteiger partial charge in [0.2, 0.25) is 0 Å². The number of carbonyl (C=O) groups is 1. The molecule has 1 aliphatic heterocycles. The zero-order chi connectivity index (χ0) is 20.5. The second-order valence-electron chi connectivity index (χ2n) is 7.44. The van der Waals surface area contributed by atoms with Gasteiger partial charge in [-0.3, -0.25) is 4.79 Å². The van der Waals surface area contributed by atoms with E-state index in [0.29, 0.717) is 22.0 Å². The Labute approximate surface area is 179 Å². The van der Waals surface area contributed by atoms with Crippen molar-refractivity contribution in [1.82, 2.24) is 14.8 Å². The lowest BCUT2D eigenvalue weighted by Gasteiger charge is -2.29. The van der Waals surface area contributed by atoms with Gasteiger partial charge in [-0.05, 0) is 45.0 Å². The molecule has 3 heterocycles. The maximum absolute atomic E-state index is 12.9. The third kappa shape index (κ3) is 4.07. The number of carbonyl (C=O) groups excluding carboxylic acids is 1. The molecular formula is C21H24ClN5OS. The lowest BCUT2D eigenvalue weighted by molar-refractivity contribution is 0.102. The summed E-state index contributed by atoms with van der Waals surface area (Å²) in [6, 6.07) is 7.75. The summed E-state index contributed by atoms with van der Waals surface area (Å²) in [5, 5.41) is 8.84. The molecule has 0 radical (unpaired) electrons. The number of halogens is 1. The zero-order valence-electron chi connectivity index (χ0n) is 16.8. The number of amides is 1. The Kier molecular flexibility index (Phi) is 5.69. The first-order valence-electron chi connectivity index (χ1n) is 9.72. The maximum atomic E-state index is 12.9. The van der Waals surface area contributed by atoms with E-state index in [1.54, 1.807) is 6.20 Å². The Morgan fingerprint density at radius 2 is 2.00 bits per heavy atom. The van der Waals surface area contributed by atoms with Crippen molar-refractivity contribution in [2.75, 3.05) is 34.8 Å². The van der Waals surface area contributed by atoms with Crippen molar-refractivity contribution in [2.45, 2.75) is 26.8 Å². The number of benzene rings is 1. The molecule has 152 valence electrons. The molecule has 0 unspecified atom stereocenters. The molecule has 4 rings (SSSR count). The number of nitrogens with zero attached hydrogens (tertiary/aromatic N) is 4. The number of anilines is 2. The van der Waals surface area contributed by atoms with Crippen LogP contribution in [-0.2, 0) is 0 Å². The quantitative estimate of drug-likeness (QED) is 0.646. The SMILES string of the molecule is Cc1nc2c(cnn2C(C)C)cc1C(=O)Nc1ccc(N2CCSCC2)c(Cl)c1. The van der Waals surface area contributed by atoms with Crippen molar-refractivity contribution in [3.63, 3.8) is 0 Å². The summed E-state index contributed by atoms with van der Waals surface area (Å²) in [4.78, 5) is 19.8. The highest BCUT2D eigenvalue weighted by atomic mass is 35.5. The lowest BCUT2D eigenvalue weighted by atomic mass is 10.1. The molecule has 0 aliphatic carbocycles. The van der Waals surface area contributed by atoms with Crippen LogP contribution in [-0.4, -0.2) is 45.3 Å². The molecule has 3 aromatic rings. The molecule has 0 atom stereocenters. The standard InChI is InChI=1S/C21H24ClN5OS/c1-13(2)27-20-15(12-23-27)10-17(14(3)24-20)21(28)25-16-4-5-19(18(22)11-16)26-6-8-29-9-7-26/h4-5,10-13H,6-9H2,1-3H3,(H,25,28). The summed E-state index contributed by atoms with van der Waals surface area (Å²) in [6.45, 7) is 7.94. The van der Waals surface area contributed by atoms with Crippen LogP contribution in [0.1, 0.15) is 35.9 Å². The second-order valence-corrected chi connectivity index (χ2v) is 9.07. The fraction of sp³-hybridized carbons (Fsp3) is 0.381. The number of pyridine rings is 1. The smallest absolute Gasteiger partial charge is 0.257 e. The molecule has 1 amide bonds. The number of fused-ring (bicyclic) bond motifs is 1. The number of aryl methyl sites for hydroxylation is 1. The van der Waals surface area contributed by atoms with E-state index in [-0.39, 0.29) is 11.9 Å². The molecule has 1 fully saturated rings. The number of rotatable bonds is 4. The van der Waals surface area contributed by atoms with Gasteiger partial charge in [0.05, 0.1) is 28.2 Å². The van der Waals surface area contributed by atoms with Crippen LogP contribution in [0.25, 0.3) is 11.0 Å². The molecule has 1 saturated heterocycles. The second kappa shape index (κ2) is 8.24. The monoisotopic (exact) mass is 429 g/mol. The van der Waals surface area contributed by atoms with Crippen molar-refractivity contribution in [2.24, 2.45) is 0 Å². The van der Waals surface area contributed by atoms with Crippen molar-refractivity contribution in [3.8, 4) is 0 Å². The minimum Gasteiger partial charge on any atom is -0.369 e. The van der Waals surface area contributed by atoms with Crippen LogP contribution in [0.3, 0.4) is 0 Å². The van der Waals surface area contributed by atoms with Gasteiger partial charge in [0.1, 0.15) is 0 Å². The topological polar surface area (TPSA) is 63.1 Å². The van der Waals surface area contributed by atoms with Crippen LogP contribution >= 0.6 is 23.4 Å². The van der Waals surface area contributed by atoms with Gasteiger partial charge in [-0.2, -0.15) is 16.9 Å². The number of nitrogens with one attached hydrogen (secondary N) is 1. The molecule has 6 nitrogen and oxygen atoms in total. The maximum Gasteiger partial charge on any atom is 0.257 e. The van der Waals surface area contributed by atoms with E-state index in [2.05, 4.69) is 34.1 Å². The molecule has 0 spiro atoms. The highest BCUT2D eigenvalue weighted by Crippen LogP contribution is 2.31. The molecule has 2 aromatic heterocycles. The Morgan fingerprint density at radius 3 is 2.69 bits per heavy atom. The summed E-state index contributed by atoms with van der Waals surface area (Å²) in [6.07, 6.45) is 1.75. The average Bonchev–Trinajstić information content (AvgIpc) is 3.11. The summed E-state index contributed by atoms with van der Waals surface area (Å²) < 4.78 is 1.86. The van der Waals surface area contributed by atoms with E-state index in [1.165, 1.54) is 0 Å². The van der Waals surface area contributed by atoms with Crippen LogP contribution in [0, 0.1) is 6.92 Å². The van der Waals surface area contributed by atoms with Crippen LogP contribution in [0.15, 0.2) is 30.5 Å². The minimum absolute atomic E-state index is 0.201.